The average Bonchev–Trinajstić information content (AvgIpc) is 2.84. The Bertz CT molecular complexity index is 1060. The van der Waals surface area contributed by atoms with E-state index in [4.69, 9.17) is 9.47 Å². The van der Waals surface area contributed by atoms with Gasteiger partial charge in [0.25, 0.3) is 0 Å². The molecule has 2 nitrogen and oxygen atoms in total. The van der Waals surface area contributed by atoms with Gasteiger partial charge < -0.3 is 9.47 Å². The Labute approximate surface area is 204 Å². The minimum absolute atomic E-state index is 0.180. The number of ether oxygens (including phenoxy) is 2. The van der Waals surface area contributed by atoms with Crippen LogP contribution in [0.3, 0.4) is 0 Å². The highest BCUT2D eigenvalue weighted by atomic mass is 19.3. The molecule has 188 valence electrons. The van der Waals surface area contributed by atoms with Crippen molar-refractivity contribution in [3.8, 4) is 17.2 Å². The van der Waals surface area contributed by atoms with Crippen molar-refractivity contribution >= 4 is 0 Å². The zero-order valence-corrected chi connectivity index (χ0v) is 20.3. The topological polar surface area (TPSA) is 18.5 Å². The van der Waals surface area contributed by atoms with Crippen molar-refractivity contribution in [1.82, 2.24) is 0 Å². The van der Waals surface area contributed by atoms with Crippen LogP contribution in [0.15, 0.2) is 60.7 Å². The number of alkyl halides is 2. The van der Waals surface area contributed by atoms with E-state index in [1.54, 1.807) is 24.3 Å². The molecule has 0 unspecified atom stereocenters. The number of halogens is 4. The number of rotatable bonds is 13. The summed E-state index contributed by atoms with van der Waals surface area (Å²) in [6.45, 7) is 4.22. The molecule has 0 aliphatic carbocycles. The highest BCUT2D eigenvalue weighted by molar-refractivity contribution is 5.39. The van der Waals surface area contributed by atoms with E-state index in [-0.39, 0.29) is 11.5 Å². The average molecular weight is 489 g/mol. The van der Waals surface area contributed by atoms with Crippen LogP contribution in [0.5, 0.6) is 17.2 Å². The molecule has 0 fully saturated rings. The molecule has 35 heavy (non-hydrogen) atoms. The van der Waals surface area contributed by atoms with Crippen molar-refractivity contribution in [3.63, 3.8) is 0 Å². The third-order valence-corrected chi connectivity index (χ3v) is 5.81. The van der Waals surface area contributed by atoms with Gasteiger partial charge in [-0.3, -0.25) is 0 Å². The molecule has 0 amide bonds. The minimum Gasteiger partial charge on any atom is -0.454 e. The van der Waals surface area contributed by atoms with E-state index >= 15 is 4.39 Å². The minimum atomic E-state index is -4.24. The summed E-state index contributed by atoms with van der Waals surface area (Å²) in [5, 5.41) is 0. The molecule has 6 heteroatoms. The van der Waals surface area contributed by atoms with Crippen LogP contribution in [0, 0.1) is 11.6 Å². The zero-order chi connectivity index (χ0) is 25.3. The molecule has 0 saturated carbocycles. The van der Waals surface area contributed by atoms with Crippen LogP contribution in [0.2, 0.25) is 0 Å². The van der Waals surface area contributed by atoms with E-state index in [1.165, 1.54) is 12.1 Å². The van der Waals surface area contributed by atoms with Crippen molar-refractivity contribution in [1.29, 1.82) is 0 Å². The predicted molar refractivity (Wildman–Crippen MR) is 130 cm³/mol. The van der Waals surface area contributed by atoms with E-state index in [0.29, 0.717) is 0 Å². The first-order valence-corrected chi connectivity index (χ1v) is 12.2. The molecule has 0 atom stereocenters. The normalized spacial score (nSPS) is 11.5. The van der Waals surface area contributed by atoms with Gasteiger partial charge in [-0.15, -0.1) is 0 Å². The summed E-state index contributed by atoms with van der Waals surface area (Å²) in [4.78, 5) is 0. The third-order valence-electron chi connectivity index (χ3n) is 5.81. The number of hydrogen-bond donors (Lipinski definition) is 0. The van der Waals surface area contributed by atoms with Crippen molar-refractivity contribution < 1.29 is 27.0 Å². The van der Waals surface area contributed by atoms with Crippen LogP contribution >= 0.6 is 0 Å². The van der Waals surface area contributed by atoms with Crippen LogP contribution < -0.4 is 9.47 Å². The third kappa shape index (κ3) is 7.48. The number of unbranched alkanes of at least 4 members (excludes halogenated alkanes) is 4. The van der Waals surface area contributed by atoms with Gasteiger partial charge in [0.05, 0.1) is 0 Å². The Morgan fingerprint density at radius 3 is 1.83 bits per heavy atom. The Balaban J connectivity index is 1.72. The number of hydrogen-bond acceptors (Lipinski definition) is 2. The van der Waals surface area contributed by atoms with Gasteiger partial charge in [0.15, 0.2) is 11.6 Å². The quantitative estimate of drug-likeness (QED) is 0.176. The lowest BCUT2D eigenvalue weighted by Crippen LogP contribution is -2.25. The Morgan fingerprint density at radius 1 is 0.657 bits per heavy atom. The van der Waals surface area contributed by atoms with Gasteiger partial charge in [0, 0.05) is 0 Å². The van der Waals surface area contributed by atoms with Crippen LogP contribution in [0.4, 0.5) is 17.6 Å². The van der Waals surface area contributed by atoms with Gasteiger partial charge in [-0.05, 0) is 73.2 Å². The molecule has 0 aliphatic heterocycles. The second-order valence-electron chi connectivity index (χ2n) is 8.66. The highest BCUT2D eigenvalue weighted by Crippen LogP contribution is 2.39. The Kier molecular flexibility index (Phi) is 9.58. The van der Waals surface area contributed by atoms with E-state index in [0.717, 1.165) is 74.6 Å². The maximum atomic E-state index is 15.0. The summed E-state index contributed by atoms with van der Waals surface area (Å²) >= 11 is 0. The van der Waals surface area contributed by atoms with Gasteiger partial charge in [-0.2, -0.15) is 8.78 Å². The molecular formula is C29H32F4O2. The summed E-state index contributed by atoms with van der Waals surface area (Å²) in [6, 6.07) is 14.8. The molecule has 0 aromatic heterocycles. The first-order valence-electron chi connectivity index (χ1n) is 12.2. The fourth-order valence-electron chi connectivity index (χ4n) is 3.79. The summed E-state index contributed by atoms with van der Waals surface area (Å²) in [6.07, 6.45) is 3.98. The van der Waals surface area contributed by atoms with Crippen LogP contribution in [-0.2, 0) is 19.0 Å². The second kappa shape index (κ2) is 12.6. The van der Waals surface area contributed by atoms with Crippen molar-refractivity contribution in [2.75, 3.05) is 0 Å². The standard InChI is InChI=1S/C29H32F4O2/c1-3-5-7-8-10-22-13-17-24(18-14-22)35-29(32,33)27-25(30)19-20-26(28(27)31)34-23-15-11-21(12-16-23)9-6-4-2/h11-20H,3-10H2,1-2H3. The fourth-order valence-corrected chi connectivity index (χ4v) is 3.79. The van der Waals surface area contributed by atoms with Gasteiger partial charge in [0.1, 0.15) is 22.9 Å². The first kappa shape index (κ1) is 26.6. The van der Waals surface area contributed by atoms with E-state index < -0.39 is 29.1 Å². The Hall–Kier alpha value is -3.02. The second-order valence-corrected chi connectivity index (χ2v) is 8.66. The monoisotopic (exact) mass is 488 g/mol. The Morgan fingerprint density at radius 2 is 1.23 bits per heavy atom. The maximum Gasteiger partial charge on any atom is 0.432 e. The lowest BCUT2D eigenvalue weighted by molar-refractivity contribution is -0.189. The molecule has 0 saturated heterocycles. The fraction of sp³-hybridized carbons (Fsp3) is 0.379. The molecule has 0 heterocycles. The molecule has 0 aliphatic rings. The van der Waals surface area contributed by atoms with Crippen molar-refractivity contribution in [2.45, 2.75) is 71.3 Å². The molecule has 3 rings (SSSR count). The maximum absolute atomic E-state index is 15.0. The van der Waals surface area contributed by atoms with Crippen molar-refractivity contribution in [3.05, 3.63) is 89.0 Å². The largest absolute Gasteiger partial charge is 0.454 e. The van der Waals surface area contributed by atoms with Gasteiger partial charge in [0.2, 0.25) is 0 Å². The van der Waals surface area contributed by atoms with E-state index in [2.05, 4.69) is 13.8 Å². The summed E-state index contributed by atoms with van der Waals surface area (Å²) < 4.78 is 69.3. The van der Waals surface area contributed by atoms with E-state index in [9.17, 15) is 13.2 Å². The van der Waals surface area contributed by atoms with Gasteiger partial charge in [-0.25, -0.2) is 8.78 Å². The number of aryl methyl sites for hydroxylation is 2. The SMILES string of the molecule is CCCCCCc1ccc(OC(F)(F)c2c(F)ccc(Oc3ccc(CCCC)cc3)c2F)cc1. The van der Waals surface area contributed by atoms with Gasteiger partial charge in [-0.1, -0.05) is 63.8 Å². The highest BCUT2D eigenvalue weighted by Gasteiger charge is 2.42. The van der Waals surface area contributed by atoms with Crippen LogP contribution in [-0.4, -0.2) is 0 Å². The molecule has 0 radical (unpaired) electrons. The smallest absolute Gasteiger partial charge is 0.432 e. The van der Waals surface area contributed by atoms with Crippen LogP contribution in [0.1, 0.15) is 69.1 Å². The zero-order valence-electron chi connectivity index (χ0n) is 20.3. The predicted octanol–water partition coefficient (Wildman–Crippen LogP) is 9.35. The lowest BCUT2D eigenvalue weighted by Gasteiger charge is -2.20. The summed E-state index contributed by atoms with van der Waals surface area (Å²) in [5.41, 5.74) is 0.592. The molecule has 0 bridgehead atoms. The lowest BCUT2D eigenvalue weighted by atomic mass is 10.1. The summed E-state index contributed by atoms with van der Waals surface area (Å²) in [7, 11) is 0. The molecular weight excluding hydrogens is 456 g/mol. The molecule has 3 aromatic rings. The summed E-state index contributed by atoms with van der Waals surface area (Å²) in [5.74, 6) is -3.34. The first-order chi connectivity index (χ1) is 16.8. The van der Waals surface area contributed by atoms with Gasteiger partial charge >= 0.3 is 6.11 Å². The van der Waals surface area contributed by atoms with Crippen molar-refractivity contribution in [2.24, 2.45) is 0 Å². The van der Waals surface area contributed by atoms with E-state index in [1.807, 2.05) is 12.1 Å². The molecule has 0 N–H and O–H groups in total. The molecule has 0 spiro atoms. The number of benzene rings is 3. The van der Waals surface area contributed by atoms with Crippen LogP contribution in [0.25, 0.3) is 0 Å². The molecule has 3 aromatic carbocycles.